The first kappa shape index (κ1) is 13.2. The number of nitrogens with zero attached hydrogens (tertiary/aromatic N) is 1. The van der Waals surface area contributed by atoms with E-state index in [1.165, 1.54) is 0 Å². The Kier molecular flexibility index (Phi) is 3.51. The summed E-state index contributed by atoms with van der Waals surface area (Å²) < 4.78 is 5.23. The molecule has 1 heterocycles. The van der Waals surface area contributed by atoms with Crippen molar-refractivity contribution in [1.29, 1.82) is 0 Å². The zero-order chi connectivity index (χ0) is 14.1. The Hall–Kier alpha value is -1.77. The van der Waals surface area contributed by atoms with E-state index in [2.05, 4.69) is 4.98 Å². The van der Waals surface area contributed by atoms with Crippen LogP contribution in [-0.2, 0) is 0 Å². The highest BCUT2D eigenvalue weighted by molar-refractivity contribution is 6.38. The van der Waals surface area contributed by atoms with Crippen molar-refractivity contribution in [3.63, 3.8) is 0 Å². The molecule has 4 heteroatoms. The highest BCUT2D eigenvalue weighted by atomic mass is 35.5. The molecule has 0 aliphatic carbocycles. The first-order valence-electron chi connectivity index (χ1n) is 6.07. The summed E-state index contributed by atoms with van der Waals surface area (Å²) in [4.78, 5) is 4.44. The number of hydrogen-bond donors (Lipinski definition) is 0. The van der Waals surface area contributed by atoms with Crippen molar-refractivity contribution in [2.75, 3.05) is 7.11 Å². The fourth-order valence-corrected chi connectivity index (χ4v) is 2.53. The minimum absolute atomic E-state index is 0.663. The van der Waals surface area contributed by atoms with Crippen LogP contribution < -0.4 is 4.74 Å². The second-order valence-electron chi connectivity index (χ2n) is 4.38. The highest BCUT2D eigenvalue weighted by Gasteiger charge is 2.09. The number of methoxy groups -OCH3 is 1. The molecule has 3 aromatic rings. The van der Waals surface area contributed by atoms with Gasteiger partial charge in [0.25, 0.3) is 0 Å². The molecule has 0 saturated carbocycles. The van der Waals surface area contributed by atoms with E-state index < -0.39 is 0 Å². The normalized spacial score (nSPS) is 10.8. The molecule has 3 rings (SSSR count). The van der Waals surface area contributed by atoms with E-state index in [1.54, 1.807) is 13.3 Å². The van der Waals surface area contributed by atoms with Crippen molar-refractivity contribution < 1.29 is 4.74 Å². The standard InChI is InChI=1S/C16H11Cl2NO/c1-20-12-6-7-15-13(8-12)16(18)14(9-19-15)10-2-4-11(17)5-3-10/h2-9H,1H3. The number of rotatable bonds is 2. The average Bonchev–Trinajstić information content (AvgIpc) is 2.49. The minimum Gasteiger partial charge on any atom is -0.497 e. The second kappa shape index (κ2) is 5.31. The van der Waals surface area contributed by atoms with E-state index >= 15 is 0 Å². The lowest BCUT2D eigenvalue weighted by Crippen LogP contribution is -1.88. The molecular formula is C16H11Cl2NO. The van der Waals surface area contributed by atoms with Crippen LogP contribution in [-0.4, -0.2) is 12.1 Å². The van der Waals surface area contributed by atoms with Crippen molar-refractivity contribution in [2.24, 2.45) is 0 Å². The molecule has 0 aliphatic heterocycles. The molecule has 20 heavy (non-hydrogen) atoms. The van der Waals surface area contributed by atoms with Crippen LogP contribution in [0.2, 0.25) is 10.0 Å². The lowest BCUT2D eigenvalue weighted by atomic mass is 10.1. The highest BCUT2D eigenvalue weighted by Crippen LogP contribution is 2.34. The third-order valence-corrected chi connectivity index (χ3v) is 3.82. The molecule has 0 bridgehead atoms. The maximum Gasteiger partial charge on any atom is 0.119 e. The van der Waals surface area contributed by atoms with Crippen LogP contribution >= 0.6 is 23.2 Å². The number of ether oxygens (including phenoxy) is 1. The quantitative estimate of drug-likeness (QED) is 0.648. The molecule has 0 unspecified atom stereocenters. The Bertz CT molecular complexity index is 769. The van der Waals surface area contributed by atoms with Crippen molar-refractivity contribution in [3.8, 4) is 16.9 Å². The van der Waals surface area contributed by atoms with Gasteiger partial charge in [0.05, 0.1) is 17.6 Å². The SMILES string of the molecule is COc1ccc2ncc(-c3ccc(Cl)cc3)c(Cl)c2c1. The smallest absolute Gasteiger partial charge is 0.119 e. The molecule has 0 aliphatic rings. The predicted molar refractivity (Wildman–Crippen MR) is 83.8 cm³/mol. The van der Waals surface area contributed by atoms with Gasteiger partial charge in [-0.3, -0.25) is 4.98 Å². The third-order valence-electron chi connectivity index (χ3n) is 3.16. The van der Waals surface area contributed by atoms with Gasteiger partial charge in [-0.25, -0.2) is 0 Å². The zero-order valence-electron chi connectivity index (χ0n) is 10.7. The summed E-state index contributed by atoms with van der Waals surface area (Å²) in [6.07, 6.45) is 1.78. The van der Waals surface area contributed by atoms with Crippen LogP contribution in [0.5, 0.6) is 5.75 Å². The Morgan fingerprint density at radius 1 is 1.00 bits per heavy atom. The average molecular weight is 304 g/mol. The van der Waals surface area contributed by atoms with Crippen LogP contribution in [0.4, 0.5) is 0 Å². The van der Waals surface area contributed by atoms with Crippen molar-refractivity contribution >= 4 is 34.1 Å². The Labute approximate surface area is 126 Å². The lowest BCUT2D eigenvalue weighted by Gasteiger charge is -2.09. The Morgan fingerprint density at radius 3 is 2.45 bits per heavy atom. The summed E-state index contributed by atoms with van der Waals surface area (Å²) in [7, 11) is 1.63. The van der Waals surface area contributed by atoms with Crippen molar-refractivity contribution in [2.45, 2.75) is 0 Å². The fraction of sp³-hybridized carbons (Fsp3) is 0.0625. The minimum atomic E-state index is 0.663. The van der Waals surface area contributed by atoms with Gasteiger partial charge in [-0.15, -0.1) is 0 Å². The number of benzene rings is 2. The molecule has 0 atom stereocenters. The number of aromatic nitrogens is 1. The molecule has 2 aromatic carbocycles. The second-order valence-corrected chi connectivity index (χ2v) is 5.19. The van der Waals surface area contributed by atoms with Gasteiger partial charge in [0.15, 0.2) is 0 Å². The number of hydrogen-bond acceptors (Lipinski definition) is 2. The van der Waals surface area contributed by atoms with Crippen LogP contribution in [0, 0.1) is 0 Å². The van der Waals surface area contributed by atoms with Gasteiger partial charge in [-0.2, -0.15) is 0 Å². The summed E-state index contributed by atoms with van der Waals surface area (Å²) in [5.74, 6) is 0.759. The number of pyridine rings is 1. The van der Waals surface area contributed by atoms with Crippen LogP contribution in [0.25, 0.3) is 22.0 Å². The molecule has 0 N–H and O–H groups in total. The van der Waals surface area contributed by atoms with Crippen molar-refractivity contribution in [3.05, 3.63) is 58.7 Å². The molecule has 0 amide bonds. The number of fused-ring (bicyclic) bond motifs is 1. The van der Waals surface area contributed by atoms with E-state index in [-0.39, 0.29) is 0 Å². The predicted octanol–water partition coefficient (Wildman–Crippen LogP) is 5.22. The van der Waals surface area contributed by atoms with E-state index in [4.69, 9.17) is 27.9 Å². The van der Waals surface area contributed by atoms with Gasteiger partial charge in [-0.05, 0) is 35.9 Å². The molecule has 0 radical (unpaired) electrons. The Balaban J connectivity index is 2.21. The van der Waals surface area contributed by atoms with Crippen LogP contribution in [0.3, 0.4) is 0 Å². The Morgan fingerprint density at radius 2 is 1.75 bits per heavy atom. The first-order valence-corrected chi connectivity index (χ1v) is 6.83. The summed E-state index contributed by atoms with van der Waals surface area (Å²) >= 11 is 12.4. The fourth-order valence-electron chi connectivity index (χ4n) is 2.10. The molecule has 0 fully saturated rings. The molecule has 1 aromatic heterocycles. The zero-order valence-corrected chi connectivity index (χ0v) is 12.2. The van der Waals surface area contributed by atoms with Crippen LogP contribution in [0.15, 0.2) is 48.7 Å². The monoisotopic (exact) mass is 303 g/mol. The largest absolute Gasteiger partial charge is 0.497 e. The molecule has 0 spiro atoms. The van der Waals surface area contributed by atoms with Crippen LogP contribution in [0.1, 0.15) is 0 Å². The van der Waals surface area contributed by atoms with Gasteiger partial charge in [0.1, 0.15) is 5.75 Å². The maximum atomic E-state index is 6.52. The summed E-state index contributed by atoms with van der Waals surface area (Å²) in [5.41, 5.74) is 2.70. The van der Waals surface area contributed by atoms with E-state index in [0.717, 1.165) is 27.8 Å². The molecule has 0 saturated heterocycles. The van der Waals surface area contributed by atoms with Crippen molar-refractivity contribution in [1.82, 2.24) is 4.98 Å². The van der Waals surface area contributed by atoms with Gasteiger partial charge >= 0.3 is 0 Å². The van der Waals surface area contributed by atoms with Gasteiger partial charge in [-0.1, -0.05) is 35.3 Å². The maximum absolute atomic E-state index is 6.52. The lowest BCUT2D eigenvalue weighted by molar-refractivity contribution is 0.415. The molecule has 2 nitrogen and oxygen atoms in total. The van der Waals surface area contributed by atoms with E-state index in [1.807, 2.05) is 42.5 Å². The third kappa shape index (κ3) is 2.33. The number of halogens is 2. The van der Waals surface area contributed by atoms with Gasteiger partial charge in [0.2, 0.25) is 0 Å². The van der Waals surface area contributed by atoms with E-state index in [0.29, 0.717) is 10.0 Å². The molecular weight excluding hydrogens is 293 g/mol. The topological polar surface area (TPSA) is 22.1 Å². The first-order chi connectivity index (χ1) is 9.69. The van der Waals surface area contributed by atoms with Gasteiger partial charge < -0.3 is 4.74 Å². The van der Waals surface area contributed by atoms with E-state index in [9.17, 15) is 0 Å². The molecule has 100 valence electrons. The summed E-state index contributed by atoms with van der Waals surface area (Å²) in [6.45, 7) is 0. The van der Waals surface area contributed by atoms with Gasteiger partial charge in [0, 0.05) is 22.2 Å². The summed E-state index contributed by atoms with van der Waals surface area (Å²) in [5, 5.41) is 2.23. The summed E-state index contributed by atoms with van der Waals surface area (Å²) in [6, 6.07) is 13.2.